The molecular weight excluding hydrogens is 368 g/mol. The number of nitrogens with two attached hydrogens (primary N) is 1. The van der Waals surface area contributed by atoms with E-state index in [9.17, 15) is 5.11 Å². The van der Waals surface area contributed by atoms with Crippen molar-refractivity contribution in [3.05, 3.63) is 34.7 Å². The molecule has 0 spiro atoms. The summed E-state index contributed by atoms with van der Waals surface area (Å²) in [7, 11) is 0. The first-order valence-electron chi connectivity index (χ1n) is 9.84. The number of aliphatic hydroxyl groups is 1. The summed E-state index contributed by atoms with van der Waals surface area (Å²) in [6.45, 7) is 1.80. The molecule has 0 radical (unpaired) electrons. The van der Waals surface area contributed by atoms with Crippen LogP contribution < -0.4 is 10.6 Å². The first-order valence-corrected chi connectivity index (χ1v) is 10.7. The molecule has 1 aliphatic carbocycles. The van der Waals surface area contributed by atoms with Crippen LogP contribution in [0.25, 0.3) is 11.3 Å². The molecule has 0 atom stereocenters. The molecule has 4 rings (SSSR count). The summed E-state index contributed by atoms with van der Waals surface area (Å²) in [4.78, 5) is 8.03. The largest absolute Gasteiger partial charge is 0.378 e. The molecule has 5 nitrogen and oxygen atoms in total. The Morgan fingerprint density at radius 2 is 1.86 bits per heavy atom. The van der Waals surface area contributed by atoms with Crippen molar-refractivity contribution >= 4 is 16.5 Å². The second kappa shape index (κ2) is 7.93. The summed E-state index contributed by atoms with van der Waals surface area (Å²) in [6, 6.07) is 9.85. The molecule has 1 aliphatic heterocycles. The van der Waals surface area contributed by atoms with E-state index in [2.05, 4.69) is 22.8 Å². The van der Waals surface area contributed by atoms with Gasteiger partial charge in [0.15, 0.2) is 5.13 Å². The van der Waals surface area contributed by atoms with Crippen LogP contribution >= 0.6 is 11.3 Å². The molecule has 1 saturated carbocycles. The maximum Gasteiger partial charge on any atom is 0.187 e. The fraction of sp³-hybridized carbons (Fsp3) is 0.455. The van der Waals surface area contributed by atoms with Crippen LogP contribution in [0.15, 0.2) is 24.3 Å². The van der Waals surface area contributed by atoms with Gasteiger partial charge in [-0.25, -0.2) is 4.98 Å². The summed E-state index contributed by atoms with van der Waals surface area (Å²) in [5.74, 6) is 6.35. The second-order valence-electron chi connectivity index (χ2n) is 7.68. The normalized spacial score (nSPS) is 19.1. The van der Waals surface area contributed by atoms with E-state index in [1.54, 1.807) is 23.5 Å². The summed E-state index contributed by atoms with van der Waals surface area (Å²) < 4.78 is 0. The van der Waals surface area contributed by atoms with Crippen LogP contribution in [-0.4, -0.2) is 34.8 Å². The molecule has 2 aromatic rings. The average molecular weight is 393 g/mol. The Bertz CT molecular complexity index is 934. The molecule has 2 aliphatic rings. The van der Waals surface area contributed by atoms with E-state index in [0.29, 0.717) is 5.56 Å². The zero-order chi connectivity index (χ0) is 19.6. The van der Waals surface area contributed by atoms with Gasteiger partial charge >= 0.3 is 0 Å². The third-order valence-corrected chi connectivity index (χ3v) is 6.58. The van der Waals surface area contributed by atoms with Crippen LogP contribution in [0.3, 0.4) is 0 Å². The smallest absolute Gasteiger partial charge is 0.187 e. The van der Waals surface area contributed by atoms with Gasteiger partial charge < -0.3 is 15.7 Å². The number of rotatable bonds is 2. The van der Waals surface area contributed by atoms with Crippen molar-refractivity contribution in [3.8, 4) is 29.2 Å². The quantitative estimate of drug-likeness (QED) is 0.766. The lowest BCUT2D eigenvalue weighted by molar-refractivity contribution is 0.110. The number of hydrogen-bond donors (Lipinski definition) is 2. The van der Waals surface area contributed by atoms with Gasteiger partial charge in [0, 0.05) is 24.7 Å². The number of piperidine rings is 1. The molecule has 0 unspecified atom stereocenters. The van der Waals surface area contributed by atoms with Crippen LogP contribution in [0.2, 0.25) is 0 Å². The van der Waals surface area contributed by atoms with E-state index in [4.69, 9.17) is 16.0 Å². The number of aromatic nitrogens is 1. The van der Waals surface area contributed by atoms with Crippen LogP contribution in [-0.2, 0) is 0 Å². The Morgan fingerprint density at radius 1 is 1.18 bits per heavy atom. The van der Waals surface area contributed by atoms with Gasteiger partial charge in [0.25, 0.3) is 0 Å². The average Bonchev–Trinajstić information content (AvgIpc) is 3.34. The highest BCUT2D eigenvalue weighted by Gasteiger charge is 2.29. The van der Waals surface area contributed by atoms with E-state index in [0.717, 1.165) is 72.9 Å². The van der Waals surface area contributed by atoms with Gasteiger partial charge in [-0.1, -0.05) is 35.3 Å². The van der Waals surface area contributed by atoms with Crippen molar-refractivity contribution in [2.75, 3.05) is 18.0 Å². The SMILES string of the molecule is N#Cc1ccc(-c2nc(N3CCC(N)CC3)sc2C#CC2(O)CCCC2)cc1. The monoisotopic (exact) mass is 392 g/mol. The number of nitriles is 1. The van der Waals surface area contributed by atoms with E-state index in [1.807, 2.05) is 12.1 Å². The van der Waals surface area contributed by atoms with Crippen molar-refractivity contribution in [2.45, 2.75) is 50.2 Å². The van der Waals surface area contributed by atoms with Gasteiger partial charge in [-0.05, 0) is 50.7 Å². The van der Waals surface area contributed by atoms with E-state index in [-0.39, 0.29) is 6.04 Å². The Hall–Kier alpha value is -2.38. The van der Waals surface area contributed by atoms with E-state index >= 15 is 0 Å². The molecule has 0 amide bonds. The number of anilines is 1. The Balaban J connectivity index is 1.69. The van der Waals surface area contributed by atoms with Crippen LogP contribution in [0, 0.1) is 23.2 Å². The maximum absolute atomic E-state index is 10.6. The number of benzene rings is 1. The first-order chi connectivity index (χ1) is 13.6. The Labute approximate surface area is 169 Å². The van der Waals surface area contributed by atoms with Crippen LogP contribution in [0.1, 0.15) is 49.0 Å². The maximum atomic E-state index is 10.6. The zero-order valence-electron chi connectivity index (χ0n) is 15.8. The lowest BCUT2D eigenvalue weighted by atomic mass is 10.0. The van der Waals surface area contributed by atoms with Crippen molar-refractivity contribution in [1.82, 2.24) is 4.98 Å². The van der Waals surface area contributed by atoms with Crippen LogP contribution in [0.5, 0.6) is 0 Å². The molecule has 2 fully saturated rings. The van der Waals surface area contributed by atoms with Gasteiger partial charge in [0.05, 0.1) is 17.3 Å². The fourth-order valence-corrected chi connectivity index (χ4v) is 4.77. The van der Waals surface area contributed by atoms with E-state index < -0.39 is 5.60 Å². The van der Waals surface area contributed by atoms with Gasteiger partial charge in [0.2, 0.25) is 0 Å². The topological polar surface area (TPSA) is 86.2 Å². The Morgan fingerprint density at radius 3 is 2.50 bits per heavy atom. The molecule has 144 valence electrons. The number of nitrogens with zero attached hydrogens (tertiary/aromatic N) is 3. The third-order valence-electron chi connectivity index (χ3n) is 5.55. The molecule has 3 N–H and O–H groups in total. The first kappa shape index (κ1) is 19.0. The number of thiazole rings is 1. The molecule has 1 saturated heterocycles. The summed E-state index contributed by atoms with van der Waals surface area (Å²) in [6.07, 6.45) is 5.45. The van der Waals surface area contributed by atoms with Gasteiger partial charge in [-0.3, -0.25) is 0 Å². The van der Waals surface area contributed by atoms with Gasteiger partial charge in [-0.2, -0.15) is 5.26 Å². The number of hydrogen-bond acceptors (Lipinski definition) is 6. The highest BCUT2D eigenvalue weighted by Crippen LogP contribution is 2.35. The Kier molecular flexibility index (Phi) is 5.37. The standard InChI is InChI=1S/C22H24N4OS/c23-15-16-3-5-17(6-4-16)20-19(7-12-22(27)10-1-2-11-22)28-21(25-20)26-13-8-18(24)9-14-26/h3-6,18,27H,1-2,8-11,13-14,24H2. The molecule has 28 heavy (non-hydrogen) atoms. The van der Waals surface area contributed by atoms with Gasteiger partial charge in [-0.15, -0.1) is 0 Å². The fourth-order valence-electron chi connectivity index (χ4n) is 3.78. The molecule has 0 bridgehead atoms. The minimum Gasteiger partial charge on any atom is -0.378 e. The minimum atomic E-state index is -0.871. The predicted molar refractivity (Wildman–Crippen MR) is 112 cm³/mol. The predicted octanol–water partition coefficient (Wildman–Crippen LogP) is 3.27. The molecule has 2 heterocycles. The van der Waals surface area contributed by atoms with E-state index in [1.165, 1.54) is 0 Å². The van der Waals surface area contributed by atoms with Crippen molar-refractivity contribution in [3.63, 3.8) is 0 Å². The van der Waals surface area contributed by atoms with Crippen molar-refractivity contribution < 1.29 is 5.11 Å². The summed E-state index contributed by atoms with van der Waals surface area (Å²) in [5, 5.41) is 20.6. The molecule has 1 aromatic heterocycles. The molecule has 6 heteroatoms. The molecular formula is C22H24N4OS. The van der Waals surface area contributed by atoms with Crippen molar-refractivity contribution in [2.24, 2.45) is 5.73 Å². The third kappa shape index (κ3) is 4.05. The summed E-state index contributed by atoms with van der Waals surface area (Å²) in [5.41, 5.74) is 7.56. The molecule has 1 aromatic carbocycles. The lowest BCUT2D eigenvalue weighted by Crippen LogP contribution is -2.39. The van der Waals surface area contributed by atoms with Gasteiger partial charge in [0.1, 0.15) is 10.5 Å². The zero-order valence-corrected chi connectivity index (χ0v) is 16.6. The van der Waals surface area contributed by atoms with Crippen LogP contribution in [0.4, 0.5) is 5.13 Å². The lowest BCUT2D eigenvalue weighted by Gasteiger charge is -2.29. The second-order valence-corrected chi connectivity index (χ2v) is 8.65. The highest BCUT2D eigenvalue weighted by atomic mass is 32.1. The minimum absolute atomic E-state index is 0.269. The summed E-state index contributed by atoms with van der Waals surface area (Å²) >= 11 is 1.58. The van der Waals surface area contributed by atoms with Crippen molar-refractivity contribution in [1.29, 1.82) is 5.26 Å². The highest BCUT2D eigenvalue weighted by molar-refractivity contribution is 7.16.